The maximum absolute atomic E-state index is 14.6. The lowest BCUT2D eigenvalue weighted by Gasteiger charge is -2.19. The number of fused-ring (bicyclic) bond motifs is 1. The van der Waals surface area contributed by atoms with E-state index in [4.69, 9.17) is 16.6 Å². The number of alkyl halides is 3. The number of amides is 1. The summed E-state index contributed by atoms with van der Waals surface area (Å²) in [5, 5.41) is 0.275. The van der Waals surface area contributed by atoms with Crippen LogP contribution in [-0.2, 0) is 17.5 Å². The van der Waals surface area contributed by atoms with E-state index in [0.29, 0.717) is 16.9 Å². The molecule has 1 saturated heterocycles. The predicted octanol–water partition coefficient (Wildman–Crippen LogP) is 6.42. The fraction of sp³-hybridized carbons (Fsp3) is 0.200. The number of halogens is 5. The molecule has 1 atom stereocenters. The molecule has 1 aliphatic heterocycles. The summed E-state index contributed by atoms with van der Waals surface area (Å²) in [5.74, 6) is -0.584. The molecular formula is C25H18ClF4N3O. The van der Waals surface area contributed by atoms with Crippen LogP contribution in [0.2, 0.25) is 5.02 Å². The van der Waals surface area contributed by atoms with Crippen molar-refractivity contribution in [3.05, 3.63) is 94.5 Å². The lowest BCUT2D eigenvalue weighted by atomic mass is 10.1. The molecule has 5 rings (SSSR count). The van der Waals surface area contributed by atoms with Crippen LogP contribution < -0.4 is 4.90 Å². The summed E-state index contributed by atoms with van der Waals surface area (Å²) in [6.45, 7) is 0.268. The van der Waals surface area contributed by atoms with Crippen molar-refractivity contribution in [2.24, 2.45) is 0 Å². The minimum atomic E-state index is -4.51. The number of carbonyl (C=O) groups excluding carboxylic acids is 1. The highest BCUT2D eigenvalue weighted by Crippen LogP contribution is 2.37. The zero-order valence-electron chi connectivity index (χ0n) is 17.7. The minimum absolute atomic E-state index is 0.0740. The van der Waals surface area contributed by atoms with Gasteiger partial charge in [0.05, 0.1) is 23.1 Å². The first kappa shape index (κ1) is 22.4. The summed E-state index contributed by atoms with van der Waals surface area (Å²) in [4.78, 5) is 18.9. The SMILES string of the molecule is O=C1C[C@H](c2nc3ccccc3n2Cc2c(F)cccc2Cl)CN1c1cccc(C(F)(F)F)c1. The van der Waals surface area contributed by atoms with Gasteiger partial charge in [0, 0.05) is 35.2 Å². The molecule has 4 nitrogen and oxygen atoms in total. The Labute approximate surface area is 197 Å². The van der Waals surface area contributed by atoms with Gasteiger partial charge in [-0.25, -0.2) is 9.37 Å². The molecule has 0 spiro atoms. The van der Waals surface area contributed by atoms with E-state index in [1.165, 1.54) is 29.2 Å². The standard InChI is InChI=1S/C25H18ClF4N3O/c26-19-7-4-8-20(27)18(19)14-33-22-10-2-1-9-21(22)31-24(33)15-11-23(34)32(13-15)17-6-3-5-16(12-17)25(28,29)30/h1-10,12,15H,11,13-14H2/t15-/m0/s1. The molecule has 174 valence electrons. The second kappa shape index (κ2) is 8.43. The lowest BCUT2D eigenvalue weighted by molar-refractivity contribution is -0.137. The highest BCUT2D eigenvalue weighted by atomic mass is 35.5. The van der Waals surface area contributed by atoms with E-state index in [-0.39, 0.29) is 42.0 Å². The molecule has 2 heterocycles. The zero-order valence-corrected chi connectivity index (χ0v) is 18.4. The summed E-state index contributed by atoms with van der Waals surface area (Å²) in [5.41, 5.74) is 1.09. The molecule has 1 aromatic heterocycles. The number of hydrogen-bond donors (Lipinski definition) is 0. The van der Waals surface area contributed by atoms with Crippen molar-refractivity contribution in [3.8, 4) is 0 Å². The molecule has 0 radical (unpaired) electrons. The van der Waals surface area contributed by atoms with Gasteiger partial charge in [-0.05, 0) is 42.5 Å². The zero-order chi connectivity index (χ0) is 24.0. The van der Waals surface area contributed by atoms with Crippen molar-refractivity contribution in [3.63, 3.8) is 0 Å². The van der Waals surface area contributed by atoms with E-state index in [9.17, 15) is 22.4 Å². The summed E-state index contributed by atoms with van der Waals surface area (Å²) in [6, 6.07) is 16.5. The van der Waals surface area contributed by atoms with Gasteiger partial charge in [0.25, 0.3) is 0 Å². The van der Waals surface area contributed by atoms with Gasteiger partial charge in [-0.1, -0.05) is 35.9 Å². The topological polar surface area (TPSA) is 38.1 Å². The fourth-order valence-electron chi connectivity index (χ4n) is 4.39. The van der Waals surface area contributed by atoms with Crippen LogP contribution >= 0.6 is 11.6 Å². The average molecular weight is 488 g/mol. The fourth-order valence-corrected chi connectivity index (χ4v) is 4.62. The maximum atomic E-state index is 14.6. The Morgan fingerprint density at radius 1 is 1.03 bits per heavy atom. The monoisotopic (exact) mass is 487 g/mol. The summed E-state index contributed by atoms with van der Waals surface area (Å²) < 4.78 is 55.9. The molecule has 1 aliphatic rings. The lowest BCUT2D eigenvalue weighted by Crippen LogP contribution is -2.25. The normalized spacial score (nSPS) is 16.6. The molecule has 1 fully saturated rings. The highest BCUT2D eigenvalue weighted by molar-refractivity contribution is 6.31. The van der Waals surface area contributed by atoms with Crippen molar-refractivity contribution in [1.29, 1.82) is 0 Å². The third-order valence-corrected chi connectivity index (χ3v) is 6.39. The maximum Gasteiger partial charge on any atom is 0.416 e. The molecule has 0 saturated carbocycles. The van der Waals surface area contributed by atoms with E-state index in [1.54, 1.807) is 6.07 Å². The summed E-state index contributed by atoms with van der Waals surface area (Å²) in [6.07, 6.45) is -4.43. The van der Waals surface area contributed by atoms with Crippen LogP contribution in [0.15, 0.2) is 66.7 Å². The van der Waals surface area contributed by atoms with Crippen molar-refractivity contribution >= 4 is 34.2 Å². The van der Waals surface area contributed by atoms with E-state index in [0.717, 1.165) is 17.6 Å². The van der Waals surface area contributed by atoms with Crippen LogP contribution in [0.3, 0.4) is 0 Å². The number of anilines is 1. The van der Waals surface area contributed by atoms with Crippen molar-refractivity contribution in [2.75, 3.05) is 11.4 Å². The molecule has 0 N–H and O–H groups in total. The number of aromatic nitrogens is 2. The average Bonchev–Trinajstić information content (AvgIpc) is 3.36. The Balaban J connectivity index is 1.53. The highest BCUT2D eigenvalue weighted by Gasteiger charge is 2.37. The van der Waals surface area contributed by atoms with E-state index in [2.05, 4.69) is 0 Å². The smallest absolute Gasteiger partial charge is 0.323 e. The molecule has 0 unspecified atom stereocenters. The Kier molecular flexibility index (Phi) is 5.56. The minimum Gasteiger partial charge on any atom is -0.323 e. The van der Waals surface area contributed by atoms with Crippen LogP contribution in [0.5, 0.6) is 0 Å². The van der Waals surface area contributed by atoms with E-state index < -0.39 is 17.6 Å². The van der Waals surface area contributed by atoms with Crippen LogP contribution in [0.25, 0.3) is 11.0 Å². The third-order valence-electron chi connectivity index (χ3n) is 6.04. The number of imidazole rings is 1. The van der Waals surface area contributed by atoms with Crippen molar-refractivity contribution in [2.45, 2.75) is 25.1 Å². The molecule has 1 amide bonds. The molecule has 0 bridgehead atoms. The first-order valence-electron chi connectivity index (χ1n) is 10.6. The van der Waals surface area contributed by atoms with Crippen LogP contribution in [-0.4, -0.2) is 22.0 Å². The number of benzene rings is 3. The summed E-state index contributed by atoms with van der Waals surface area (Å²) in [7, 11) is 0. The molecule has 4 aromatic rings. The van der Waals surface area contributed by atoms with Gasteiger partial charge in [0.1, 0.15) is 11.6 Å². The number of carbonyl (C=O) groups is 1. The molecule has 3 aromatic carbocycles. The van der Waals surface area contributed by atoms with Crippen molar-refractivity contribution < 1.29 is 22.4 Å². The molecule has 0 aliphatic carbocycles. The van der Waals surface area contributed by atoms with Crippen LogP contribution in [0.1, 0.15) is 29.3 Å². The molecular weight excluding hydrogens is 470 g/mol. The van der Waals surface area contributed by atoms with Gasteiger partial charge in [-0.3, -0.25) is 4.79 Å². The Bertz CT molecular complexity index is 1380. The number of rotatable bonds is 4. The van der Waals surface area contributed by atoms with Gasteiger partial charge in [0.15, 0.2) is 0 Å². The quantitative estimate of drug-likeness (QED) is 0.312. The van der Waals surface area contributed by atoms with Gasteiger partial charge < -0.3 is 9.47 Å². The Morgan fingerprint density at radius 3 is 2.56 bits per heavy atom. The summed E-state index contributed by atoms with van der Waals surface area (Å²) >= 11 is 6.26. The van der Waals surface area contributed by atoms with E-state index in [1.807, 2.05) is 28.8 Å². The van der Waals surface area contributed by atoms with Gasteiger partial charge in [0.2, 0.25) is 5.91 Å². The largest absolute Gasteiger partial charge is 0.416 e. The molecule has 34 heavy (non-hydrogen) atoms. The second-order valence-corrected chi connectivity index (χ2v) is 8.61. The van der Waals surface area contributed by atoms with Crippen LogP contribution in [0, 0.1) is 5.82 Å². The van der Waals surface area contributed by atoms with Crippen molar-refractivity contribution in [1.82, 2.24) is 9.55 Å². The van der Waals surface area contributed by atoms with Gasteiger partial charge >= 0.3 is 6.18 Å². The van der Waals surface area contributed by atoms with Gasteiger partial charge in [-0.15, -0.1) is 0 Å². The number of para-hydroxylation sites is 2. The van der Waals surface area contributed by atoms with Gasteiger partial charge in [-0.2, -0.15) is 13.2 Å². The van der Waals surface area contributed by atoms with Crippen LogP contribution in [0.4, 0.5) is 23.2 Å². The number of hydrogen-bond acceptors (Lipinski definition) is 2. The Hall–Kier alpha value is -3.39. The second-order valence-electron chi connectivity index (χ2n) is 8.20. The third kappa shape index (κ3) is 4.03. The molecule has 9 heteroatoms. The Morgan fingerprint density at radius 2 is 1.79 bits per heavy atom. The predicted molar refractivity (Wildman–Crippen MR) is 121 cm³/mol. The first-order valence-corrected chi connectivity index (χ1v) is 11.0. The first-order chi connectivity index (χ1) is 16.2. The van der Waals surface area contributed by atoms with E-state index >= 15 is 0 Å². The number of nitrogens with zero attached hydrogens (tertiary/aromatic N) is 3.